The number of rotatable bonds is 3. The van der Waals surface area contributed by atoms with Crippen molar-refractivity contribution < 1.29 is 14.5 Å². The van der Waals surface area contributed by atoms with Crippen molar-refractivity contribution >= 4 is 40.5 Å². The number of nitro groups is 1. The predicted octanol–water partition coefficient (Wildman–Crippen LogP) is 4.37. The fourth-order valence-electron chi connectivity index (χ4n) is 4.02. The lowest BCUT2D eigenvalue weighted by Crippen LogP contribution is -2.55. The van der Waals surface area contributed by atoms with Crippen molar-refractivity contribution in [1.82, 2.24) is 4.90 Å². The molecule has 7 nitrogen and oxygen atoms in total. The maximum absolute atomic E-state index is 13.1. The van der Waals surface area contributed by atoms with Gasteiger partial charge in [0.05, 0.1) is 22.1 Å². The van der Waals surface area contributed by atoms with Crippen LogP contribution in [0, 0.1) is 10.1 Å². The molecule has 0 aliphatic carbocycles. The van der Waals surface area contributed by atoms with Crippen molar-refractivity contribution in [3.05, 3.63) is 68.2 Å². The first-order chi connectivity index (χ1) is 13.9. The van der Waals surface area contributed by atoms with Crippen molar-refractivity contribution in [2.75, 3.05) is 31.1 Å². The molecule has 0 bridgehead atoms. The molecular formula is C20H19Cl2N3O4. The Labute approximate surface area is 177 Å². The Kier molecular flexibility index (Phi) is 5.38. The van der Waals surface area contributed by atoms with Crippen LogP contribution in [-0.4, -0.2) is 47.7 Å². The van der Waals surface area contributed by atoms with Crippen LogP contribution in [0.5, 0.6) is 0 Å². The van der Waals surface area contributed by atoms with Gasteiger partial charge in [-0.2, -0.15) is 0 Å². The number of piperidine rings is 1. The molecule has 2 aromatic rings. The number of non-ortho nitro benzene ring substituents is 1. The van der Waals surface area contributed by atoms with E-state index < -0.39 is 10.6 Å². The number of benzene rings is 2. The van der Waals surface area contributed by atoms with Gasteiger partial charge in [0.25, 0.3) is 11.6 Å². The third-order valence-electron chi connectivity index (χ3n) is 5.55. The van der Waals surface area contributed by atoms with Gasteiger partial charge in [0.1, 0.15) is 5.72 Å². The molecule has 0 unspecified atom stereocenters. The third-order valence-corrected chi connectivity index (χ3v) is 6.10. The van der Waals surface area contributed by atoms with Crippen LogP contribution in [-0.2, 0) is 4.74 Å². The zero-order valence-corrected chi connectivity index (χ0v) is 17.0. The maximum Gasteiger partial charge on any atom is 0.269 e. The Hall–Kier alpha value is -2.35. The number of ether oxygens (including phenoxy) is 1. The Morgan fingerprint density at radius 1 is 1.07 bits per heavy atom. The van der Waals surface area contributed by atoms with Gasteiger partial charge in [-0.1, -0.05) is 23.2 Å². The summed E-state index contributed by atoms with van der Waals surface area (Å²) in [7, 11) is 0. The summed E-state index contributed by atoms with van der Waals surface area (Å²) in [5.74, 6) is -0.159. The molecule has 152 valence electrons. The number of hydrogen-bond acceptors (Lipinski definition) is 5. The molecule has 1 spiro atoms. The summed E-state index contributed by atoms with van der Waals surface area (Å²) >= 11 is 12.2. The van der Waals surface area contributed by atoms with E-state index in [9.17, 15) is 14.9 Å². The van der Waals surface area contributed by atoms with Gasteiger partial charge in [0.15, 0.2) is 0 Å². The molecule has 2 fully saturated rings. The van der Waals surface area contributed by atoms with Crippen LogP contribution in [0.25, 0.3) is 0 Å². The van der Waals surface area contributed by atoms with Crippen LogP contribution in [0.1, 0.15) is 23.2 Å². The highest BCUT2D eigenvalue weighted by Crippen LogP contribution is 2.37. The van der Waals surface area contributed by atoms with Crippen LogP contribution < -0.4 is 4.90 Å². The maximum atomic E-state index is 13.1. The van der Waals surface area contributed by atoms with E-state index in [-0.39, 0.29) is 11.6 Å². The minimum Gasteiger partial charge on any atom is -0.371 e. The molecule has 2 heterocycles. The normalized spacial score (nSPS) is 18.3. The average molecular weight is 436 g/mol. The third kappa shape index (κ3) is 3.77. The molecule has 9 heteroatoms. The molecule has 0 atom stereocenters. The fourth-order valence-corrected chi connectivity index (χ4v) is 4.51. The standard InChI is InChI=1S/C20H19Cl2N3O4/c21-14-1-6-17(18(22)13-14)19(26)24-11-12-29-20(24)7-9-23(10-8-20)15-2-4-16(5-3-15)25(27)28/h1-6,13H,7-12H2. The van der Waals surface area contributed by atoms with Crippen molar-refractivity contribution in [3.63, 3.8) is 0 Å². The molecule has 0 saturated carbocycles. The SMILES string of the molecule is O=C(c1ccc(Cl)cc1Cl)N1CCOC12CCN(c1ccc([N+](=O)[O-])cc1)CC2. The lowest BCUT2D eigenvalue weighted by Gasteiger charge is -2.44. The van der Waals surface area contributed by atoms with Crippen LogP contribution in [0.15, 0.2) is 42.5 Å². The number of anilines is 1. The van der Waals surface area contributed by atoms with E-state index >= 15 is 0 Å². The Morgan fingerprint density at radius 2 is 1.76 bits per heavy atom. The Bertz CT molecular complexity index is 943. The van der Waals surface area contributed by atoms with E-state index in [4.69, 9.17) is 27.9 Å². The van der Waals surface area contributed by atoms with Crippen molar-refractivity contribution in [1.29, 1.82) is 0 Å². The molecule has 29 heavy (non-hydrogen) atoms. The molecule has 2 aliphatic heterocycles. The summed E-state index contributed by atoms with van der Waals surface area (Å²) < 4.78 is 6.06. The highest BCUT2D eigenvalue weighted by Gasteiger charge is 2.47. The second-order valence-electron chi connectivity index (χ2n) is 7.14. The monoisotopic (exact) mass is 435 g/mol. The van der Waals surface area contributed by atoms with Crippen molar-refractivity contribution in [3.8, 4) is 0 Å². The quantitative estimate of drug-likeness (QED) is 0.528. The van der Waals surface area contributed by atoms with E-state index in [2.05, 4.69) is 4.90 Å². The fraction of sp³-hybridized carbons (Fsp3) is 0.350. The zero-order valence-electron chi connectivity index (χ0n) is 15.5. The van der Waals surface area contributed by atoms with E-state index in [0.717, 1.165) is 5.69 Å². The minimum absolute atomic E-state index is 0.0676. The smallest absolute Gasteiger partial charge is 0.269 e. The number of nitro benzene ring substituents is 1. The predicted molar refractivity (Wildman–Crippen MR) is 111 cm³/mol. The van der Waals surface area contributed by atoms with Gasteiger partial charge in [-0.25, -0.2) is 0 Å². The van der Waals surface area contributed by atoms with Crippen molar-refractivity contribution in [2.24, 2.45) is 0 Å². The molecule has 4 rings (SSSR count). The van der Waals surface area contributed by atoms with Gasteiger partial charge >= 0.3 is 0 Å². The second kappa shape index (κ2) is 7.82. The van der Waals surface area contributed by atoms with E-state index in [1.807, 2.05) is 0 Å². The van der Waals surface area contributed by atoms with E-state index in [1.54, 1.807) is 35.2 Å². The van der Waals surface area contributed by atoms with Crippen LogP contribution in [0.4, 0.5) is 11.4 Å². The van der Waals surface area contributed by atoms with Gasteiger partial charge < -0.3 is 14.5 Å². The van der Waals surface area contributed by atoms with Crippen molar-refractivity contribution in [2.45, 2.75) is 18.6 Å². The lowest BCUT2D eigenvalue weighted by molar-refractivity contribution is -0.384. The summed E-state index contributed by atoms with van der Waals surface area (Å²) in [6.07, 6.45) is 1.28. The summed E-state index contributed by atoms with van der Waals surface area (Å²) in [6, 6.07) is 11.4. The molecule has 0 N–H and O–H groups in total. The lowest BCUT2D eigenvalue weighted by atomic mass is 9.97. The van der Waals surface area contributed by atoms with Gasteiger partial charge in [0, 0.05) is 55.3 Å². The van der Waals surface area contributed by atoms with Gasteiger partial charge in [-0.3, -0.25) is 14.9 Å². The van der Waals surface area contributed by atoms with Gasteiger partial charge in [0.2, 0.25) is 0 Å². The zero-order chi connectivity index (χ0) is 20.6. The molecule has 2 aromatic carbocycles. The molecule has 0 radical (unpaired) electrons. The Balaban J connectivity index is 1.49. The molecular weight excluding hydrogens is 417 g/mol. The van der Waals surface area contributed by atoms with E-state index in [0.29, 0.717) is 54.7 Å². The number of amides is 1. The number of hydrogen-bond donors (Lipinski definition) is 0. The molecule has 1 amide bonds. The number of halogens is 2. The molecule has 2 aliphatic rings. The topological polar surface area (TPSA) is 75.9 Å². The highest BCUT2D eigenvalue weighted by atomic mass is 35.5. The minimum atomic E-state index is -0.655. The molecule has 0 aromatic heterocycles. The van der Waals surface area contributed by atoms with Crippen LogP contribution >= 0.6 is 23.2 Å². The average Bonchev–Trinajstić information content (AvgIpc) is 3.11. The first-order valence-electron chi connectivity index (χ1n) is 9.30. The largest absolute Gasteiger partial charge is 0.371 e. The number of carbonyl (C=O) groups is 1. The summed E-state index contributed by atoms with van der Waals surface area (Å²) in [4.78, 5) is 27.5. The second-order valence-corrected chi connectivity index (χ2v) is 7.98. The van der Waals surface area contributed by atoms with Gasteiger partial charge in [-0.15, -0.1) is 0 Å². The highest BCUT2D eigenvalue weighted by molar-refractivity contribution is 6.36. The first kappa shape index (κ1) is 19.9. The van der Waals surface area contributed by atoms with E-state index in [1.165, 1.54) is 12.1 Å². The first-order valence-corrected chi connectivity index (χ1v) is 10.1. The van der Waals surface area contributed by atoms with Crippen LogP contribution in [0.2, 0.25) is 10.0 Å². The Morgan fingerprint density at radius 3 is 2.38 bits per heavy atom. The van der Waals surface area contributed by atoms with Crippen LogP contribution in [0.3, 0.4) is 0 Å². The summed E-state index contributed by atoms with van der Waals surface area (Å²) in [5, 5.41) is 11.6. The summed E-state index contributed by atoms with van der Waals surface area (Å²) in [5.41, 5.74) is 0.746. The molecule has 2 saturated heterocycles. The number of nitrogens with zero attached hydrogens (tertiary/aromatic N) is 3. The number of carbonyl (C=O) groups excluding carboxylic acids is 1. The van der Waals surface area contributed by atoms with Gasteiger partial charge in [-0.05, 0) is 30.3 Å². The summed E-state index contributed by atoms with van der Waals surface area (Å²) in [6.45, 7) is 2.34.